The Kier molecular flexibility index (Phi) is 4.51. The number of carbonyl (C=O) groups excluding carboxylic acids is 1. The highest BCUT2D eigenvalue weighted by Gasteiger charge is 2.52. The van der Waals surface area contributed by atoms with Gasteiger partial charge in [-0.1, -0.05) is 60.7 Å². The van der Waals surface area contributed by atoms with Crippen LogP contribution in [0.15, 0.2) is 60.7 Å². The summed E-state index contributed by atoms with van der Waals surface area (Å²) in [4.78, 5) is 26.0. The van der Waals surface area contributed by atoms with Crippen molar-refractivity contribution < 1.29 is 19.4 Å². The van der Waals surface area contributed by atoms with Gasteiger partial charge in [-0.3, -0.25) is 4.90 Å². The van der Waals surface area contributed by atoms with Crippen LogP contribution in [0.4, 0.5) is 4.79 Å². The molecule has 2 aromatic carbocycles. The molecule has 0 radical (unpaired) electrons. The number of ether oxygens (including phenoxy) is 1. The number of rotatable bonds is 4. The Labute approximate surface area is 140 Å². The lowest BCUT2D eigenvalue weighted by atomic mass is 9.87. The second-order valence-electron chi connectivity index (χ2n) is 5.83. The van der Waals surface area contributed by atoms with E-state index >= 15 is 0 Å². The molecule has 0 bridgehead atoms. The molecule has 1 heterocycles. The van der Waals surface area contributed by atoms with Crippen molar-refractivity contribution in [2.45, 2.75) is 25.0 Å². The fourth-order valence-electron chi connectivity index (χ4n) is 3.22. The van der Waals surface area contributed by atoms with E-state index in [4.69, 9.17) is 4.74 Å². The smallest absolute Gasteiger partial charge is 0.411 e. The summed E-state index contributed by atoms with van der Waals surface area (Å²) in [5.41, 5.74) is 0.118. The molecule has 1 atom stereocenters. The van der Waals surface area contributed by atoms with Gasteiger partial charge in [-0.15, -0.1) is 0 Å². The van der Waals surface area contributed by atoms with Crippen molar-refractivity contribution in [2.75, 3.05) is 6.54 Å². The number of amides is 1. The lowest BCUT2D eigenvalue weighted by Gasteiger charge is -2.34. The van der Waals surface area contributed by atoms with Crippen LogP contribution >= 0.6 is 0 Å². The van der Waals surface area contributed by atoms with Crippen molar-refractivity contribution in [3.8, 4) is 0 Å². The quantitative estimate of drug-likeness (QED) is 0.935. The van der Waals surface area contributed by atoms with E-state index in [0.717, 1.165) is 5.56 Å². The number of nitrogens with zero attached hydrogens (tertiary/aromatic N) is 1. The first-order valence-electron chi connectivity index (χ1n) is 7.92. The standard InChI is InChI=1S/C19H19NO4/c21-17(22)19(16-10-5-2-6-11-16)12-7-13-20(19)18(23)24-14-15-8-3-1-4-9-15/h1-6,8-11H,7,12-14H2,(H,21,22)/t19-/m0/s1. The van der Waals surface area contributed by atoms with Crippen molar-refractivity contribution in [1.29, 1.82) is 0 Å². The van der Waals surface area contributed by atoms with Crippen LogP contribution < -0.4 is 0 Å². The first kappa shape index (κ1) is 16.1. The molecule has 1 aliphatic heterocycles. The maximum absolute atomic E-state index is 12.6. The maximum atomic E-state index is 12.6. The minimum absolute atomic E-state index is 0.126. The van der Waals surface area contributed by atoms with E-state index in [1.54, 1.807) is 24.3 Å². The summed E-state index contributed by atoms with van der Waals surface area (Å²) < 4.78 is 5.36. The average molecular weight is 325 g/mol. The van der Waals surface area contributed by atoms with E-state index in [1.165, 1.54) is 4.90 Å². The second-order valence-corrected chi connectivity index (χ2v) is 5.83. The molecule has 3 rings (SSSR count). The van der Waals surface area contributed by atoms with Crippen molar-refractivity contribution in [3.05, 3.63) is 71.8 Å². The van der Waals surface area contributed by atoms with Crippen LogP contribution in [-0.4, -0.2) is 28.6 Å². The molecule has 1 amide bonds. The molecular formula is C19H19NO4. The van der Waals surface area contributed by atoms with Gasteiger partial charge in [0.05, 0.1) is 0 Å². The summed E-state index contributed by atoms with van der Waals surface area (Å²) >= 11 is 0. The first-order valence-corrected chi connectivity index (χ1v) is 7.92. The Bertz CT molecular complexity index is 717. The Balaban J connectivity index is 1.82. The number of hydrogen-bond acceptors (Lipinski definition) is 3. The van der Waals surface area contributed by atoms with Crippen LogP contribution in [0.1, 0.15) is 24.0 Å². The molecule has 1 aliphatic rings. The first-order chi connectivity index (χ1) is 11.6. The Hall–Kier alpha value is -2.82. The van der Waals surface area contributed by atoms with Gasteiger partial charge in [0, 0.05) is 6.54 Å². The zero-order valence-corrected chi connectivity index (χ0v) is 13.2. The predicted octanol–water partition coefficient (Wildman–Crippen LogP) is 3.40. The van der Waals surface area contributed by atoms with Gasteiger partial charge >= 0.3 is 12.1 Å². The van der Waals surface area contributed by atoms with E-state index in [2.05, 4.69) is 0 Å². The fourth-order valence-corrected chi connectivity index (χ4v) is 3.22. The summed E-state index contributed by atoms with van der Waals surface area (Å²) in [6.45, 7) is 0.496. The van der Waals surface area contributed by atoms with E-state index < -0.39 is 17.6 Å². The highest BCUT2D eigenvalue weighted by Crippen LogP contribution is 2.39. The van der Waals surface area contributed by atoms with Crippen LogP contribution in [0, 0.1) is 0 Å². The molecule has 1 N–H and O–H groups in total. The largest absolute Gasteiger partial charge is 0.479 e. The van der Waals surface area contributed by atoms with Gasteiger partial charge in [-0.2, -0.15) is 0 Å². The second kappa shape index (κ2) is 6.74. The molecule has 0 unspecified atom stereocenters. The van der Waals surface area contributed by atoms with Crippen LogP contribution in [0.2, 0.25) is 0 Å². The monoisotopic (exact) mass is 325 g/mol. The van der Waals surface area contributed by atoms with Crippen LogP contribution in [0.25, 0.3) is 0 Å². The molecular weight excluding hydrogens is 306 g/mol. The Morgan fingerprint density at radius 2 is 1.67 bits per heavy atom. The zero-order chi connectivity index (χ0) is 17.0. The molecule has 1 saturated heterocycles. The molecule has 0 saturated carbocycles. The van der Waals surface area contributed by atoms with E-state index in [9.17, 15) is 14.7 Å². The van der Waals surface area contributed by atoms with Gasteiger partial charge in [-0.05, 0) is 24.0 Å². The third-order valence-corrected chi connectivity index (χ3v) is 4.41. The number of carboxylic acids is 1. The van der Waals surface area contributed by atoms with E-state index in [1.807, 2.05) is 36.4 Å². The normalized spacial score (nSPS) is 19.9. The summed E-state index contributed by atoms with van der Waals surface area (Å²) in [5.74, 6) is -1.03. The van der Waals surface area contributed by atoms with Crippen LogP contribution in [-0.2, 0) is 21.7 Å². The van der Waals surface area contributed by atoms with Gasteiger partial charge < -0.3 is 9.84 Å². The number of carboxylic acid groups (broad SMARTS) is 1. The van der Waals surface area contributed by atoms with E-state index in [0.29, 0.717) is 24.9 Å². The van der Waals surface area contributed by atoms with Gasteiger partial charge in [0.2, 0.25) is 0 Å². The lowest BCUT2D eigenvalue weighted by molar-refractivity contribution is -0.149. The summed E-state index contributed by atoms with van der Waals surface area (Å²) in [5, 5.41) is 9.87. The third-order valence-electron chi connectivity index (χ3n) is 4.41. The average Bonchev–Trinajstić information content (AvgIpc) is 3.07. The minimum Gasteiger partial charge on any atom is -0.479 e. The van der Waals surface area contributed by atoms with Gasteiger partial charge in [0.15, 0.2) is 5.54 Å². The molecule has 1 fully saturated rings. The van der Waals surface area contributed by atoms with Crippen molar-refractivity contribution in [1.82, 2.24) is 4.90 Å². The number of carbonyl (C=O) groups is 2. The predicted molar refractivity (Wildman–Crippen MR) is 88.3 cm³/mol. The van der Waals surface area contributed by atoms with Crippen molar-refractivity contribution in [3.63, 3.8) is 0 Å². The van der Waals surface area contributed by atoms with Crippen LogP contribution in [0.3, 0.4) is 0 Å². The Morgan fingerprint density at radius 3 is 2.29 bits per heavy atom. The molecule has 124 valence electrons. The Morgan fingerprint density at radius 1 is 1.04 bits per heavy atom. The SMILES string of the molecule is O=C(OCc1ccccc1)N1CCC[C@@]1(C(=O)O)c1ccccc1. The molecule has 0 aromatic heterocycles. The number of hydrogen-bond donors (Lipinski definition) is 1. The molecule has 0 aliphatic carbocycles. The number of likely N-dealkylation sites (tertiary alicyclic amines) is 1. The molecule has 2 aromatic rings. The minimum atomic E-state index is -1.35. The molecule has 5 heteroatoms. The molecule has 5 nitrogen and oxygen atoms in total. The number of aliphatic carboxylic acids is 1. The summed E-state index contributed by atoms with van der Waals surface area (Å²) in [6.07, 6.45) is 0.414. The van der Waals surface area contributed by atoms with Crippen molar-refractivity contribution >= 4 is 12.1 Å². The summed E-state index contributed by atoms with van der Waals surface area (Å²) in [7, 11) is 0. The maximum Gasteiger partial charge on any atom is 0.411 e. The van der Waals surface area contributed by atoms with Crippen LogP contribution in [0.5, 0.6) is 0 Å². The lowest BCUT2D eigenvalue weighted by Crippen LogP contribution is -2.50. The topological polar surface area (TPSA) is 66.8 Å². The molecule has 24 heavy (non-hydrogen) atoms. The van der Waals surface area contributed by atoms with Crippen molar-refractivity contribution in [2.24, 2.45) is 0 Å². The van der Waals surface area contributed by atoms with Gasteiger partial charge in [-0.25, -0.2) is 9.59 Å². The zero-order valence-electron chi connectivity index (χ0n) is 13.2. The third kappa shape index (κ3) is 2.85. The van der Waals surface area contributed by atoms with Gasteiger partial charge in [0.25, 0.3) is 0 Å². The highest BCUT2D eigenvalue weighted by atomic mass is 16.6. The highest BCUT2D eigenvalue weighted by molar-refractivity contribution is 5.86. The van der Waals surface area contributed by atoms with Gasteiger partial charge in [0.1, 0.15) is 6.61 Å². The van der Waals surface area contributed by atoms with E-state index in [-0.39, 0.29) is 6.61 Å². The molecule has 0 spiro atoms. The summed E-state index contributed by atoms with van der Waals surface area (Å²) in [6, 6.07) is 18.2. The fraction of sp³-hybridized carbons (Fsp3) is 0.263. The number of benzene rings is 2.